The van der Waals surface area contributed by atoms with Crippen LogP contribution in [0.3, 0.4) is 0 Å². The van der Waals surface area contributed by atoms with Gasteiger partial charge in [0.25, 0.3) is 0 Å². The number of aromatic nitrogens is 1. The molecule has 1 aromatic carbocycles. The maximum atomic E-state index is 9.34. The van der Waals surface area contributed by atoms with Gasteiger partial charge >= 0.3 is 0 Å². The van der Waals surface area contributed by atoms with Gasteiger partial charge in [-0.1, -0.05) is 19.9 Å². The molecule has 0 aliphatic carbocycles. The second kappa shape index (κ2) is 8.15. The molecule has 2 aromatic rings. The average molecular weight is 329 g/mol. The minimum absolute atomic E-state index is 0.190. The van der Waals surface area contributed by atoms with E-state index in [9.17, 15) is 5.11 Å². The summed E-state index contributed by atoms with van der Waals surface area (Å²) in [6.45, 7) is 11.1. The summed E-state index contributed by atoms with van der Waals surface area (Å²) in [6.07, 6.45) is 4.56. The first-order valence-corrected chi connectivity index (χ1v) is 9.34. The minimum atomic E-state index is 0.190. The number of nitrogens with one attached hydrogen (secondary N) is 1. The summed E-state index contributed by atoms with van der Waals surface area (Å²) in [5.41, 5.74) is 4.08. The summed E-state index contributed by atoms with van der Waals surface area (Å²) in [6, 6.07) is 6.81. The Morgan fingerprint density at radius 3 is 2.67 bits per heavy atom. The highest BCUT2D eigenvalue weighted by atomic mass is 16.3. The second-order valence-electron chi connectivity index (χ2n) is 7.20. The van der Waals surface area contributed by atoms with E-state index in [2.05, 4.69) is 53.0 Å². The zero-order chi connectivity index (χ0) is 16.9. The van der Waals surface area contributed by atoms with Gasteiger partial charge in [0.1, 0.15) is 0 Å². The lowest BCUT2D eigenvalue weighted by Gasteiger charge is -2.27. The van der Waals surface area contributed by atoms with Crippen LogP contribution in [0.4, 0.5) is 0 Å². The van der Waals surface area contributed by atoms with E-state index in [0.717, 1.165) is 19.5 Å². The third-order valence-corrected chi connectivity index (χ3v) is 5.13. The molecular weight excluding hydrogens is 298 g/mol. The van der Waals surface area contributed by atoms with Crippen molar-refractivity contribution in [2.75, 3.05) is 39.3 Å². The molecule has 0 bridgehead atoms. The highest BCUT2D eigenvalue weighted by Crippen LogP contribution is 2.27. The minimum Gasteiger partial charge on any atom is -0.395 e. The number of rotatable bonds is 7. The molecule has 0 atom stereocenters. The Balaban J connectivity index is 1.75. The number of fused-ring (bicyclic) bond motifs is 1. The van der Waals surface area contributed by atoms with Gasteiger partial charge in [0.2, 0.25) is 0 Å². The third-order valence-electron chi connectivity index (χ3n) is 5.13. The zero-order valence-electron chi connectivity index (χ0n) is 15.1. The number of benzene rings is 1. The average Bonchev–Trinajstić information content (AvgIpc) is 2.93. The highest BCUT2D eigenvalue weighted by Gasteiger charge is 2.12. The Kier molecular flexibility index (Phi) is 5.93. The number of piperazine rings is 1. The van der Waals surface area contributed by atoms with Gasteiger partial charge in [0.15, 0.2) is 0 Å². The van der Waals surface area contributed by atoms with Crippen LogP contribution in [0.5, 0.6) is 0 Å². The number of hydrogen-bond donors (Lipinski definition) is 2. The number of nitrogens with zero attached hydrogens (tertiary/aromatic N) is 2. The van der Waals surface area contributed by atoms with Gasteiger partial charge in [-0.2, -0.15) is 0 Å². The lowest BCUT2D eigenvalue weighted by Crippen LogP contribution is -2.43. The van der Waals surface area contributed by atoms with E-state index in [1.165, 1.54) is 48.1 Å². The molecule has 4 nitrogen and oxygen atoms in total. The van der Waals surface area contributed by atoms with Crippen molar-refractivity contribution in [3.05, 3.63) is 35.5 Å². The van der Waals surface area contributed by atoms with Crippen molar-refractivity contribution in [3.63, 3.8) is 0 Å². The molecule has 0 unspecified atom stereocenters. The van der Waals surface area contributed by atoms with Gasteiger partial charge < -0.3 is 19.9 Å². The molecule has 24 heavy (non-hydrogen) atoms. The summed E-state index contributed by atoms with van der Waals surface area (Å²) in [5.74, 6) is 0.546. The van der Waals surface area contributed by atoms with Gasteiger partial charge in [0, 0.05) is 49.8 Å². The molecule has 3 rings (SSSR count). The summed E-state index contributed by atoms with van der Waals surface area (Å²) >= 11 is 0. The van der Waals surface area contributed by atoms with E-state index in [1.54, 1.807) is 0 Å². The fourth-order valence-electron chi connectivity index (χ4n) is 3.67. The summed E-state index contributed by atoms with van der Waals surface area (Å²) < 4.78 is 2.21. The lowest BCUT2D eigenvalue weighted by molar-refractivity contribution is 0.238. The Morgan fingerprint density at radius 2 is 1.96 bits per heavy atom. The number of hydrogen-bond acceptors (Lipinski definition) is 3. The number of aliphatic hydroxyl groups excluding tert-OH is 1. The largest absolute Gasteiger partial charge is 0.395 e. The molecular formula is C20H31N3O. The fraction of sp³-hybridized carbons (Fsp3) is 0.600. The smallest absolute Gasteiger partial charge is 0.0610 e. The Labute approximate surface area is 145 Å². The maximum absolute atomic E-state index is 9.34. The van der Waals surface area contributed by atoms with Gasteiger partial charge in [-0.3, -0.25) is 0 Å². The van der Waals surface area contributed by atoms with Gasteiger partial charge in [-0.15, -0.1) is 0 Å². The van der Waals surface area contributed by atoms with E-state index in [0.29, 0.717) is 12.5 Å². The fourth-order valence-corrected chi connectivity index (χ4v) is 3.67. The normalized spacial score (nSPS) is 16.3. The molecule has 1 aliphatic rings. The predicted molar refractivity (Wildman–Crippen MR) is 101 cm³/mol. The van der Waals surface area contributed by atoms with Crippen molar-refractivity contribution >= 4 is 10.9 Å². The van der Waals surface area contributed by atoms with E-state index in [-0.39, 0.29) is 6.61 Å². The molecule has 1 fully saturated rings. The molecule has 0 saturated carbocycles. The molecule has 0 amide bonds. The highest BCUT2D eigenvalue weighted by molar-refractivity contribution is 5.85. The van der Waals surface area contributed by atoms with Crippen molar-refractivity contribution in [2.24, 2.45) is 0 Å². The molecule has 1 aliphatic heterocycles. The summed E-state index contributed by atoms with van der Waals surface area (Å²) in [5, 5.41) is 14.1. The van der Waals surface area contributed by atoms with Gasteiger partial charge in [0.05, 0.1) is 6.61 Å². The van der Waals surface area contributed by atoms with Gasteiger partial charge in [-0.05, 0) is 48.6 Å². The van der Waals surface area contributed by atoms with E-state index < -0.39 is 0 Å². The van der Waals surface area contributed by atoms with Crippen molar-refractivity contribution < 1.29 is 5.11 Å². The summed E-state index contributed by atoms with van der Waals surface area (Å²) in [7, 11) is 0. The third kappa shape index (κ3) is 4.00. The summed E-state index contributed by atoms with van der Waals surface area (Å²) in [4.78, 5) is 2.56. The van der Waals surface area contributed by atoms with E-state index >= 15 is 0 Å². The molecule has 0 spiro atoms. The van der Waals surface area contributed by atoms with E-state index in [1.807, 2.05) is 0 Å². The number of aliphatic hydroxyl groups is 1. The van der Waals surface area contributed by atoms with Crippen molar-refractivity contribution in [2.45, 2.75) is 39.2 Å². The van der Waals surface area contributed by atoms with Crippen LogP contribution in [-0.2, 0) is 13.0 Å². The van der Waals surface area contributed by atoms with E-state index in [4.69, 9.17) is 0 Å². The SMILES string of the molecule is CC(C)c1ccc2c(c1)c(CCCN1CCNCC1)cn2CCO. The molecule has 4 heteroatoms. The Bertz CT molecular complexity index is 656. The van der Waals surface area contributed by atoms with Crippen LogP contribution in [0.25, 0.3) is 10.9 Å². The first-order chi connectivity index (χ1) is 11.7. The lowest BCUT2D eigenvalue weighted by atomic mass is 9.99. The molecule has 1 aromatic heterocycles. The van der Waals surface area contributed by atoms with Crippen molar-refractivity contribution in [1.29, 1.82) is 0 Å². The van der Waals surface area contributed by atoms with Crippen LogP contribution in [-0.4, -0.2) is 53.9 Å². The first-order valence-electron chi connectivity index (χ1n) is 9.34. The maximum Gasteiger partial charge on any atom is 0.0610 e. The van der Waals surface area contributed by atoms with Crippen LogP contribution >= 0.6 is 0 Å². The molecule has 132 valence electrons. The Morgan fingerprint density at radius 1 is 1.17 bits per heavy atom. The standard InChI is InChI=1S/C20H31N3O/c1-16(2)17-5-6-20-19(14-17)18(15-23(20)12-13-24)4-3-9-22-10-7-21-8-11-22/h5-6,14-16,21,24H,3-4,7-13H2,1-2H3. The van der Waals surface area contributed by atoms with Crippen LogP contribution in [0, 0.1) is 0 Å². The van der Waals surface area contributed by atoms with Crippen LogP contribution in [0.15, 0.2) is 24.4 Å². The predicted octanol–water partition coefficient (Wildman–Crippen LogP) is 2.59. The first kappa shape index (κ1) is 17.5. The Hall–Kier alpha value is -1.36. The van der Waals surface area contributed by atoms with Crippen LogP contribution in [0.1, 0.15) is 37.3 Å². The zero-order valence-corrected chi connectivity index (χ0v) is 15.1. The van der Waals surface area contributed by atoms with Crippen molar-refractivity contribution in [3.8, 4) is 0 Å². The topological polar surface area (TPSA) is 40.4 Å². The number of aryl methyl sites for hydroxylation is 1. The second-order valence-corrected chi connectivity index (χ2v) is 7.20. The quantitative estimate of drug-likeness (QED) is 0.820. The molecule has 2 N–H and O–H groups in total. The molecule has 1 saturated heterocycles. The van der Waals surface area contributed by atoms with Crippen LogP contribution in [0.2, 0.25) is 0 Å². The van der Waals surface area contributed by atoms with Gasteiger partial charge in [-0.25, -0.2) is 0 Å². The van der Waals surface area contributed by atoms with Crippen molar-refractivity contribution in [1.82, 2.24) is 14.8 Å². The van der Waals surface area contributed by atoms with Crippen LogP contribution < -0.4 is 5.32 Å². The monoisotopic (exact) mass is 329 g/mol. The molecule has 2 heterocycles. The molecule has 0 radical (unpaired) electrons.